The Morgan fingerprint density at radius 1 is 1.25 bits per heavy atom. The van der Waals surface area contributed by atoms with Crippen molar-refractivity contribution in [3.05, 3.63) is 0 Å². The van der Waals surface area contributed by atoms with Crippen LogP contribution in [-0.4, -0.2) is 29.8 Å². The van der Waals surface area contributed by atoms with Gasteiger partial charge in [0.05, 0.1) is 0 Å². The zero-order valence-electron chi connectivity index (χ0n) is 7.81. The van der Waals surface area contributed by atoms with E-state index in [-0.39, 0.29) is 0 Å². The zero-order valence-corrected chi connectivity index (χ0v) is 7.81. The molecule has 1 aliphatic heterocycles. The standard InChI is InChI=1S/C10H17NO/c1-11-8-2-5-10(11)6-3-9(12)4-7-10/h2-8H2,1H3. The zero-order chi connectivity index (χ0) is 8.60. The lowest BCUT2D eigenvalue weighted by atomic mass is 9.79. The van der Waals surface area contributed by atoms with E-state index in [4.69, 9.17) is 0 Å². The van der Waals surface area contributed by atoms with E-state index in [1.807, 2.05) is 0 Å². The molecule has 0 unspecified atom stereocenters. The molecule has 2 rings (SSSR count). The molecule has 1 saturated heterocycles. The van der Waals surface area contributed by atoms with Crippen LogP contribution in [-0.2, 0) is 4.79 Å². The fourth-order valence-corrected chi connectivity index (χ4v) is 2.70. The van der Waals surface area contributed by atoms with Gasteiger partial charge in [-0.15, -0.1) is 0 Å². The Bertz CT molecular complexity index is 190. The lowest BCUT2D eigenvalue weighted by molar-refractivity contribution is -0.122. The first-order valence-corrected chi connectivity index (χ1v) is 4.96. The highest BCUT2D eigenvalue weighted by Crippen LogP contribution is 2.39. The number of carbonyl (C=O) groups excluding carboxylic acids is 1. The van der Waals surface area contributed by atoms with Crippen molar-refractivity contribution in [3.63, 3.8) is 0 Å². The molecule has 1 heterocycles. The maximum atomic E-state index is 11.1. The summed E-state index contributed by atoms with van der Waals surface area (Å²) in [5, 5.41) is 0. The van der Waals surface area contributed by atoms with Crippen molar-refractivity contribution in [3.8, 4) is 0 Å². The molecule has 2 nitrogen and oxygen atoms in total. The van der Waals surface area contributed by atoms with Crippen LogP contribution in [0.25, 0.3) is 0 Å². The predicted molar refractivity (Wildman–Crippen MR) is 48.1 cm³/mol. The van der Waals surface area contributed by atoms with E-state index in [9.17, 15) is 4.79 Å². The third kappa shape index (κ3) is 1.18. The van der Waals surface area contributed by atoms with Crippen molar-refractivity contribution >= 4 is 5.78 Å². The van der Waals surface area contributed by atoms with Gasteiger partial charge < -0.3 is 4.90 Å². The largest absolute Gasteiger partial charge is 0.301 e. The Balaban J connectivity index is 2.06. The summed E-state index contributed by atoms with van der Waals surface area (Å²) in [6.45, 7) is 1.23. The smallest absolute Gasteiger partial charge is 0.133 e. The Labute approximate surface area is 73.9 Å². The van der Waals surface area contributed by atoms with E-state index in [1.54, 1.807) is 0 Å². The van der Waals surface area contributed by atoms with Gasteiger partial charge in [0.25, 0.3) is 0 Å². The van der Waals surface area contributed by atoms with Gasteiger partial charge in [-0.05, 0) is 39.3 Å². The van der Waals surface area contributed by atoms with Crippen LogP contribution in [0.4, 0.5) is 0 Å². The maximum absolute atomic E-state index is 11.1. The number of rotatable bonds is 0. The van der Waals surface area contributed by atoms with E-state index in [0.29, 0.717) is 11.3 Å². The molecule has 0 aromatic carbocycles. The SMILES string of the molecule is CN1CCCC12CCC(=O)CC2. The lowest BCUT2D eigenvalue weighted by Crippen LogP contribution is -2.44. The summed E-state index contributed by atoms with van der Waals surface area (Å²) in [7, 11) is 2.21. The summed E-state index contributed by atoms with van der Waals surface area (Å²) in [6, 6.07) is 0. The summed E-state index contributed by atoms with van der Waals surface area (Å²) in [5.74, 6) is 0.473. The Kier molecular flexibility index (Phi) is 1.95. The summed E-state index contributed by atoms with van der Waals surface area (Å²) in [6.07, 6.45) is 6.51. The van der Waals surface area contributed by atoms with E-state index in [0.717, 1.165) is 25.7 Å². The van der Waals surface area contributed by atoms with Gasteiger partial charge in [-0.2, -0.15) is 0 Å². The summed E-state index contributed by atoms with van der Waals surface area (Å²) in [4.78, 5) is 13.6. The monoisotopic (exact) mass is 167 g/mol. The average molecular weight is 167 g/mol. The van der Waals surface area contributed by atoms with Gasteiger partial charge in [-0.3, -0.25) is 4.79 Å². The fourth-order valence-electron chi connectivity index (χ4n) is 2.70. The van der Waals surface area contributed by atoms with E-state index >= 15 is 0 Å². The molecular formula is C10H17NO. The van der Waals surface area contributed by atoms with Gasteiger partial charge in [-0.1, -0.05) is 0 Å². The molecule has 0 aromatic heterocycles. The molecule has 0 aromatic rings. The molecule has 2 heteroatoms. The van der Waals surface area contributed by atoms with Crippen molar-refractivity contribution < 1.29 is 4.79 Å². The second kappa shape index (κ2) is 2.84. The quantitative estimate of drug-likeness (QED) is 0.546. The van der Waals surface area contributed by atoms with Gasteiger partial charge in [0, 0.05) is 18.4 Å². The number of Topliss-reactive ketones (excluding diaryl/α,β-unsaturated/α-hetero) is 1. The average Bonchev–Trinajstić information content (AvgIpc) is 2.41. The number of ketones is 1. The van der Waals surface area contributed by atoms with Gasteiger partial charge in [-0.25, -0.2) is 0 Å². The van der Waals surface area contributed by atoms with Crippen LogP contribution >= 0.6 is 0 Å². The maximum Gasteiger partial charge on any atom is 0.133 e. The number of carbonyl (C=O) groups is 1. The van der Waals surface area contributed by atoms with Gasteiger partial charge >= 0.3 is 0 Å². The highest BCUT2D eigenvalue weighted by Gasteiger charge is 2.40. The van der Waals surface area contributed by atoms with E-state index < -0.39 is 0 Å². The molecule has 1 aliphatic carbocycles. The topological polar surface area (TPSA) is 20.3 Å². The van der Waals surface area contributed by atoms with Crippen LogP contribution in [0.1, 0.15) is 38.5 Å². The molecule has 1 saturated carbocycles. The Morgan fingerprint density at radius 2 is 1.92 bits per heavy atom. The number of nitrogens with zero attached hydrogens (tertiary/aromatic N) is 1. The van der Waals surface area contributed by atoms with Crippen LogP contribution in [0.5, 0.6) is 0 Å². The molecular weight excluding hydrogens is 150 g/mol. The molecule has 68 valence electrons. The fraction of sp³-hybridized carbons (Fsp3) is 0.900. The first kappa shape index (κ1) is 8.24. The second-order valence-electron chi connectivity index (χ2n) is 4.29. The van der Waals surface area contributed by atoms with Gasteiger partial charge in [0.1, 0.15) is 5.78 Å². The molecule has 0 atom stereocenters. The van der Waals surface area contributed by atoms with Gasteiger partial charge in [0.15, 0.2) is 0 Å². The lowest BCUT2D eigenvalue weighted by Gasteiger charge is -2.39. The van der Waals surface area contributed by atoms with Crippen molar-refractivity contribution in [2.45, 2.75) is 44.1 Å². The molecule has 1 spiro atoms. The molecule has 0 bridgehead atoms. The highest BCUT2D eigenvalue weighted by molar-refractivity contribution is 5.79. The van der Waals surface area contributed by atoms with Crippen LogP contribution < -0.4 is 0 Å². The highest BCUT2D eigenvalue weighted by atomic mass is 16.1. The molecule has 12 heavy (non-hydrogen) atoms. The normalized spacial score (nSPS) is 29.9. The van der Waals surface area contributed by atoms with Crippen molar-refractivity contribution in [2.75, 3.05) is 13.6 Å². The summed E-state index contributed by atoms with van der Waals surface area (Å²) < 4.78 is 0. The third-order valence-electron chi connectivity index (χ3n) is 3.68. The summed E-state index contributed by atoms with van der Waals surface area (Å²) >= 11 is 0. The van der Waals surface area contributed by atoms with Crippen LogP contribution in [0.2, 0.25) is 0 Å². The van der Waals surface area contributed by atoms with Crippen molar-refractivity contribution in [2.24, 2.45) is 0 Å². The first-order chi connectivity index (χ1) is 5.73. The summed E-state index contributed by atoms with van der Waals surface area (Å²) in [5.41, 5.74) is 0.425. The number of hydrogen-bond acceptors (Lipinski definition) is 2. The number of hydrogen-bond donors (Lipinski definition) is 0. The molecule has 2 aliphatic rings. The Hall–Kier alpha value is -0.370. The van der Waals surface area contributed by atoms with Crippen LogP contribution in [0.15, 0.2) is 0 Å². The second-order valence-corrected chi connectivity index (χ2v) is 4.29. The molecule has 2 fully saturated rings. The minimum absolute atomic E-state index is 0.425. The minimum Gasteiger partial charge on any atom is -0.301 e. The Morgan fingerprint density at radius 3 is 2.42 bits per heavy atom. The minimum atomic E-state index is 0.425. The molecule has 0 N–H and O–H groups in total. The van der Waals surface area contributed by atoms with E-state index in [2.05, 4.69) is 11.9 Å². The number of likely N-dealkylation sites (tertiary alicyclic amines) is 1. The van der Waals surface area contributed by atoms with Crippen molar-refractivity contribution in [1.82, 2.24) is 4.90 Å². The van der Waals surface area contributed by atoms with Crippen LogP contribution in [0, 0.1) is 0 Å². The first-order valence-electron chi connectivity index (χ1n) is 4.96. The van der Waals surface area contributed by atoms with E-state index in [1.165, 1.54) is 19.4 Å². The predicted octanol–water partition coefficient (Wildman–Crippen LogP) is 1.59. The van der Waals surface area contributed by atoms with Gasteiger partial charge in [0.2, 0.25) is 0 Å². The third-order valence-corrected chi connectivity index (χ3v) is 3.68. The molecule has 0 radical (unpaired) electrons. The van der Waals surface area contributed by atoms with Crippen molar-refractivity contribution in [1.29, 1.82) is 0 Å². The molecule has 0 amide bonds. The van der Waals surface area contributed by atoms with Crippen LogP contribution in [0.3, 0.4) is 0 Å².